The summed E-state index contributed by atoms with van der Waals surface area (Å²) in [5, 5.41) is 13.5. The number of aromatic nitrogens is 3. The molecule has 1 aromatic carbocycles. The predicted octanol–water partition coefficient (Wildman–Crippen LogP) is 4.77. The topological polar surface area (TPSA) is 71.6 Å². The van der Waals surface area contributed by atoms with E-state index in [2.05, 4.69) is 10.1 Å². The van der Waals surface area contributed by atoms with Crippen LogP contribution < -0.4 is 0 Å². The largest absolute Gasteiger partial charge is 0.417 e. The number of alkyl halides is 3. The lowest BCUT2D eigenvalue weighted by atomic mass is 9.82. The van der Waals surface area contributed by atoms with Crippen molar-refractivity contribution in [3.63, 3.8) is 0 Å². The molecule has 8 heteroatoms. The van der Waals surface area contributed by atoms with Gasteiger partial charge in [-0.15, -0.1) is 0 Å². The van der Waals surface area contributed by atoms with Gasteiger partial charge in [-0.05, 0) is 48.7 Å². The third-order valence-corrected chi connectivity index (χ3v) is 5.20. The summed E-state index contributed by atoms with van der Waals surface area (Å²) in [6.45, 7) is 1.90. The van der Waals surface area contributed by atoms with Gasteiger partial charge in [-0.25, -0.2) is 0 Å². The van der Waals surface area contributed by atoms with Crippen molar-refractivity contribution in [1.82, 2.24) is 14.8 Å². The van der Waals surface area contributed by atoms with E-state index >= 15 is 0 Å². The van der Waals surface area contributed by atoms with Crippen LogP contribution in [0.3, 0.4) is 0 Å². The Hall–Kier alpha value is -3.47. The molecule has 0 radical (unpaired) electrons. The highest BCUT2D eigenvalue weighted by Gasteiger charge is 2.38. The number of hydrogen-bond acceptors (Lipinski definition) is 4. The lowest BCUT2D eigenvalue weighted by Crippen LogP contribution is -2.29. The highest BCUT2D eigenvalue weighted by molar-refractivity contribution is 6.05. The Morgan fingerprint density at radius 1 is 1.21 bits per heavy atom. The molecular formula is C21H15F3N4O. The van der Waals surface area contributed by atoms with Crippen LogP contribution in [0.25, 0.3) is 11.1 Å². The van der Waals surface area contributed by atoms with E-state index in [9.17, 15) is 23.2 Å². The van der Waals surface area contributed by atoms with Gasteiger partial charge in [-0.3, -0.25) is 14.5 Å². The summed E-state index contributed by atoms with van der Waals surface area (Å²) in [5.74, 6) is -0.875. The number of pyridine rings is 1. The Balaban J connectivity index is 1.79. The zero-order valence-electron chi connectivity index (χ0n) is 15.3. The zero-order valence-corrected chi connectivity index (χ0v) is 15.3. The number of carbonyl (C=O) groups is 1. The summed E-state index contributed by atoms with van der Waals surface area (Å²) in [6, 6.07) is 8.36. The van der Waals surface area contributed by atoms with E-state index in [1.165, 1.54) is 12.1 Å². The SMILES string of the molecule is C[C@H]1CC(c2ccc(C(F)(F)F)c(C#N)c2)C(=O)c2c(-c3ccncc3)cnn21. The predicted molar refractivity (Wildman–Crippen MR) is 98.0 cm³/mol. The van der Waals surface area contributed by atoms with E-state index < -0.39 is 23.2 Å². The van der Waals surface area contributed by atoms with Crippen molar-refractivity contribution in [2.24, 2.45) is 0 Å². The van der Waals surface area contributed by atoms with Crippen LogP contribution in [0, 0.1) is 11.3 Å². The minimum absolute atomic E-state index is 0.129. The number of fused-ring (bicyclic) bond motifs is 1. The van der Waals surface area contributed by atoms with Crippen molar-refractivity contribution in [1.29, 1.82) is 5.26 Å². The maximum absolute atomic E-state index is 13.3. The smallest absolute Gasteiger partial charge is 0.292 e. The molecule has 0 aliphatic carbocycles. The van der Waals surface area contributed by atoms with Crippen LogP contribution in [0.4, 0.5) is 13.2 Å². The molecule has 3 aromatic rings. The van der Waals surface area contributed by atoms with Crippen molar-refractivity contribution in [3.05, 3.63) is 71.3 Å². The van der Waals surface area contributed by atoms with E-state index in [4.69, 9.17) is 0 Å². The third-order valence-electron chi connectivity index (χ3n) is 5.20. The molecule has 0 bridgehead atoms. The number of hydrogen-bond donors (Lipinski definition) is 0. The fourth-order valence-corrected chi connectivity index (χ4v) is 3.80. The van der Waals surface area contributed by atoms with Crippen LogP contribution in [-0.2, 0) is 6.18 Å². The molecule has 4 rings (SSSR count). The molecule has 0 N–H and O–H groups in total. The van der Waals surface area contributed by atoms with Gasteiger partial charge in [0.25, 0.3) is 0 Å². The second-order valence-corrected chi connectivity index (χ2v) is 7.00. The van der Waals surface area contributed by atoms with Crippen molar-refractivity contribution >= 4 is 5.78 Å². The summed E-state index contributed by atoms with van der Waals surface area (Å²) in [4.78, 5) is 17.3. The average Bonchev–Trinajstić information content (AvgIpc) is 3.16. The second-order valence-electron chi connectivity index (χ2n) is 7.00. The Kier molecular flexibility index (Phi) is 4.46. The first kappa shape index (κ1) is 18.9. The van der Waals surface area contributed by atoms with Gasteiger partial charge in [0.1, 0.15) is 5.69 Å². The quantitative estimate of drug-likeness (QED) is 0.626. The molecule has 0 saturated heterocycles. The Morgan fingerprint density at radius 2 is 1.93 bits per heavy atom. The van der Waals surface area contributed by atoms with Crippen LogP contribution >= 0.6 is 0 Å². The molecule has 2 atom stereocenters. The van der Waals surface area contributed by atoms with Gasteiger partial charge in [-0.1, -0.05) is 6.07 Å². The zero-order chi connectivity index (χ0) is 20.8. The monoisotopic (exact) mass is 396 g/mol. The molecule has 5 nitrogen and oxygen atoms in total. The van der Waals surface area contributed by atoms with Gasteiger partial charge >= 0.3 is 6.18 Å². The Bertz CT molecular complexity index is 1130. The molecule has 1 unspecified atom stereocenters. The third kappa shape index (κ3) is 3.18. The fraction of sp³-hybridized carbons (Fsp3) is 0.238. The number of rotatable bonds is 2. The lowest BCUT2D eigenvalue weighted by molar-refractivity contribution is -0.137. The minimum atomic E-state index is -4.62. The van der Waals surface area contributed by atoms with E-state index in [-0.39, 0.29) is 11.8 Å². The normalized spacial score (nSPS) is 18.9. The summed E-state index contributed by atoms with van der Waals surface area (Å²) in [6.07, 6.45) is 0.611. The molecule has 146 valence electrons. The van der Waals surface area contributed by atoms with Crippen molar-refractivity contribution in [2.45, 2.75) is 31.5 Å². The van der Waals surface area contributed by atoms with Crippen LogP contribution in [0.15, 0.2) is 48.9 Å². The maximum Gasteiger partial charge on any atom is 0.417 e. The summed E-state index contributed by atoms with van der Waals surface area (Å²) >= 11 is 0. The van der Waals surface area contributed by atoms with Crippen LogP contribution in [0.2, 0.25) is 0 Å². The number of Topliss-reactive ketones (excluding diaryl/α,β-unsaturated/α-hetero) is 1. The van der Waals surface area contributed by atoms with Crippen molar-refractivity contribution in [3.8, 4) is 17.2 Å². The summed E-state index contributed by atoms with van der Waals surface area (Å²) < 4.78 is 41.0. The maximum atomic E-state index is 13.3. The number of ketones is 1. The second kappa shape index (κ2) is 6.85. The van der Waals surface area contributed by atoms with E-state index in [1.807, 2.05) is 6.92 Å². The van der Waals surface area contributed by atoms with Gasteiger partial charge in [0.05, 0.1) is 35.4 Å². The Labute approximate surface area is 164 Å². The van der Waals surface area contributed by atoms with Crippen LogP contribution in [-0.4, -0.2) is 20.5 Å². The first-order chi connectivity index (χ1) is 13.8. The van der Waals surface area contributed by atoms with E-state index in [0.29, 0.717) is 23.2 Å². The molecule has 3 heterocycles. The van der Waals surface area contributed by atoms with E-state index in [1.54, 1.807) is 41.5 Å². The van der Waals surface area contributed by atoms with Crippen molar-refractivity contribution < 1.29 is 18.0 Å². The lowest BCUT2D eigenvalue weighted by Gasteiger charge is -2.28. The summed E-state index contributed by atoms with van der Waals surface area (Å²) in [5.41, 5.74) is 0.776. The minimum Gasteiger partial charge on any atom is -0.292 e. The molecule has 2 aromatic heterocycles. The van der Waals surface area contributed by atoms with Crippen molar-refractivity contribution in [2.75, 3.05) is 0 Å². The number of carbonyl (C=O) groups excluding carboxylic acids is 1. The Morgan fingerprint density at radius 3 is 2.59 bits per heavy atom. The molecule has 0 saturated carbocycles. The molecular weight excluding hydrogens is 381 g/mol. The van der Waals surface area contributed by atoms with Gasteiger partial charge < -0.3 is 0 Å². The average molecular weight is 396 g/mol. The highest BCUT2D eigenvalue weighted by Crippen LogP contribution is 2.40. The molecule has 0 spiro atoms. The molecule has 1 aliphatic heterocycles. The molecule has 0 amide bonds. The number of nitriles is 1. The number of nitrogens with zero attached hydrogens (tertiary/aromatic N) is 4. The summed E-state index contributed by atoms with van der Waals surface area (Å²) in [7, 11) is 0. The van der Waals surface area contributed by atoms with Gasteiger partial charge in [0, 0.05) is 18.0 Å². The first-order valence-corrected chi connectivity index (χ1v) is 8.94. The van der Waals surface area contributed by atoms with Crippen LogP contribution in [0.5, 0.6) is 0 Å². The van der Waals surface area contributed by atoms with Gasteiger partial charge in [0.15, 0.2) is 5.78 Å². The van der Waals surface area contributed by atoms with Gasteiger partial charge in [0.2, 0.25) is 0 Å². The van der Waals surface area contributed by atoms with Gasteiger partial charge in [-0.2, -0.15) is 23.5 Å². The highest BCUT2D eigenvalue weighted by atomic mass is 19.4. The molecule has 1 aliphatic rings. The molecule has 29 heavy (non-hydrogen) atoms. The standard InChI is InChI=1S/C21H15F3N4O/c1-12-8-16(14-2-3-18(21(22,23)24)15(9-14)10-25)20(29)19-17(11-27-28(12)19)13-4-6-26-7-5-13/h2-7,9,11-12,16H,8H2,1H3/t12-,16?/m0/s1. The molecule has 0 fully saturated rings. The fourth-order valence-electron chi connectivity index (χ4n) is 3.80. The number of halogens is 3. The van der Waals surface area contributed by atoms with E-state index in [0.717, 1.165) is 11.6 Å². The number of benzene rings is 1. The first-order valence-electron chi connectivity index (χ1n) is 8.94. The van der Waals surface area contributed by atoms with Crippen LogP contribution in [0.1, 0.15) is 52.5 Å².